The van der Waals surface area contributed by atoms with Gasteiger partial charge in [0.25, 0.3) is 5.91 Å². The number of alkyl halides is 2. The Morgan fingerprint density at radius 3 is 3.00 bits per heavy atom. The monoisotopic (exact) mass is 226 g/mol. The first-order chi connectivity index (χ1) is 7.70. The quantitative estimate of drug-likeness (QED) is 0.772. The minimum absolute atomic E-state index is 0.241. The minimum Gasteiger partial charge on any atom is -0.331 e. The van der Waals surface area contributed by atoms with Crippen LogP contribution in [0, 0.1) is 0 Å². The number of carbonyl (C=O) groups excluding carboxylic acids is 1. The molecule has 2 heterocycles. The molecule has 0 spiro atoms. The summed E-state index contributed by atoms with van der Waals surface area (Å²) < 4.78 is 24.7. The predicted octanol–water partition coefficient (Wildman–Crippen LogP) is 2.01. The van der Waals surface area contributed by atoms with Gasteiger partial charge in [-0.3, -0.25) is 9.78 Å². The molecule has 0 saturated carbocycles. The average Bonchev–Trinajstić information content (AvgIpc) is 2.77. The highest BCUT2D eigenvalue weighted by atomic mass is 19.3. The van der Waals surface area contributed by atoms with Crippen molar-refractivity contribution in [2.24, 2.45) is 0 Å². The van der Waals surface area contributed by atoms with Crippen LogP contribution in [-0.2, 0) is 4.79 Å². The molecule has 1 aromatic rings. The van der Waals surface area contributed by atoms with E-state index in [-0.39, 0.29) is 6.04 Å². The highest BCUT2D eigenvalue weighted by Gasteiger charge is 2.34. The van der Waals surface area contributed by atoms with Crippen molar-refractivity contribution in [2.75, 3.05) is 6.54 Å². The van der Waals surface area contributed by atoms with Crippen LogP contribution in [0.4, 0.5) is 8.78 Å². The van der Waals surface area contributed by atoms with Crippen LogP contribution in [0.15, 0.2) is 24.5 Å². The summed E-state index contributed by atoms with van der Waals surface area (Å²) in [6.07, 6.45) is 1.82. The molecule has 0 N–H and O–H groups in total. The summed E-state index contributed by atoms with van der Waals surface area (Å²) in [5, 5.41) is 0. The van der Waals surface area contributed by atoms with E-state index >= 15 is 0 Å². The van der Waals surface area contributed by atoms with Crippen molar-refractivity contribution in [1.82, 2.24) is 9.88 Å². The van der Waals surface area contributed by atoms with Crippen molar-refractivity contribution in [1.29, 1.82) is 0 Å². The van der Waals surface area contributed by atoms with E-state index in [0.29, 0.717) is 6.54 Å². The van der Waals surface area contributed by atoms with Crippen LogP contribution in [0.2, 0.25) is 0 Å². The minimum atomic E-state index is -2.92. The fourth-order valence-electron chi connectivity index (χ4n) is 2.08. The molecule has 2 rings (SSSR count). The Morgan fingerprint density at radius 1 is 1.56 bits per heavy atom. The normalized spacial score (nSPS) is 20.4. The summed E-state index contributed by atoms with van der Waals surface area (Å²) in [4.78, 5) is 16.5. The number of pyridine rings is 1. The fraction of sp³-hybridized carbons (Fsp3) is 0.455. The third-order valence-electron chi connectivity index (χ3n) is 2.79. The standard InChI is InChI=1S/C11H12F2N2O/c12-10(13)11(16)15-6-2-4-9(15)8-3-1-5-14-7-8/h1,3,5,7,9-10H,2,4,6H2. The first kappa shape index (κ1) is 11.0. The maximum atomic E-state index is 12.4. The molecular weight excluding hydrogens is 214 g/mol. The third-order valence-corrected chi connectivity index (χ3v) is 2.79. The molecule has 1 amide bonds. The van der Waals surface area contributed by atoms with E-state index in [0.717, 1.165) is 18.4 Å². The molecule has 3 nitrogen and oxygen atoms in total. The molecule has 0 radical (unpaired) electrons. The lowest BCUT2D eigenvalue weighted by atomic mass is 10.1. The molecule has 1 aliphatic heterocycles. The predicted molar refractivity (Wildman–Crippen MR) is 53.9 cm³/mol. The second-order valence-corrected chi connectivity index (χ2v) is 3.78. The van der Waals surface area contributed by atoms with Gasteiger partial charge in [0.05, 0.1) is 6.04 Å². The molecule has 0 bridgehead atoms. The van der Waals surface area contributed by atoms with Crippen molar-refractivity contribution in [3.05, 3.63) is 30.1 Å². The molecule has 0 aromatic carbocycles. The van der Waals surface area contributed by atoms with Crippen LogP contribution >= 0.6 is 0 Å². The Bertz CT molecular complexity index is 370. The zero-order chi connectivity index (χ0) is 11.5. The lowest BCUT2D eigenvalue weighted by Crippen LogP contribution is -2.35. The van der Waals surface area contributed by atoms with Gasteiger partial charge in [0.1, 0.15) is 0 Å². The van der Waals surface area contributed by atoms with Gasteiger partial charge >= 0.3 is 6.43 Å². The Balaban J connectivity index is 2.19. The van der Waals surface area contributed by atoms with Crippen LogP contribution in [0.1, 0.15) is 24.4 Å². The SMILES string of the molecule is O=C(C(F)F)N1CCCC1c1cccnc1. The smallest absolute Gasteiger partial charge is 0.315 e. The van der Waals surface area contributed by atoms with E-state index in [1.165, 1.54) is 4.90 Å². The summed E-state index contributed by atoms with van der Waals surface area (Å²) >= 11 is 0. The molecule has 1 saturated heterocycles. The van der Waals surface area contributed by atoms with E-state index in [9.17, 15) is 13.6 Å². The van der Waals surface area contributed by atoms with Gasteiger partial charge in [-0.05, 0) is 24.5 Å². The first-order valence-corrected chi connectivity index (χ1v) is 5.18. The van der Waals surface area contributed by atoms with E-state index in [1.54, 1.807) is 18.5 Å². The van der Waals surface area contributed by atoms with Crippen molar-refractivity contribution >= 4 is 5.91 Å². The Kier molecular flexibility index (Phi) is 3.12. The number of likely N-dealkylation sites (tertiary alicyclic amines) is 1. The number of aromatic nitrogens is 1. The van der Waals surface area contributed by atoms with Crippen molar-refractivity contribution in [2.45, 2.75) is 25.3 Å². The number of hydrogen-bond acceptors (Lipinski definition) is 2. The maximum Gasteiger partial charge on any atom is 0.315 e. The number of nitrogens with zero attached hydrogens (tertiary/aromatic N) is 2. The largest absolute Gasteiger partial charge is 0.331 e. The first-order valence-electron chi connectivity index (χ1n) is 5.18. The van der Waals surface area contributed by atoms with Gasteiger partial charge in [-0.1, -0.05) is 6.07 Å². The molecule has 1 fully saturated rings. The molecule has 1 unspecified atom stereocenters. The Hall–Kier alpha value is -1.52. The molecule has 86 valence electrons. The topological polar surface area (TPSA) is 33.2 Å². The average molecular weight is 226 g/mol. The zero-order valence-corrected chi connectivity index (χ0v) is 8.64. The molecule has 1 aliphatic rings. The zero-order valence-electron chi connectivity index (χ0n) is 8.64. The van der Waals surface area contributed by atoms with Crippen LogP contribution in [0.25, 0.3) is 0 Å². The summed E-state index contributed by atoms with van der Waals surface area (Å²) in [5.41, 5.74) is 0.828. The van der Waals surface area contributed by atoms with Crippen LogP contribution in [-0.4, -0.2) is 28.8 Å². The van der Waals surface area contributed by atoms with Crippen LogP contribution < -0.4 is 0 Å². The molecule has 16 heavy (non-hydrogen) atoms. The van der Waals surface area contributed by atoms with Gasteiger partial charge in [0.2, 0.25) is 0 Å². The maximum absolute atomic E-state index is 12.4. The van der Waals surface area contributed by atoms with Gasteiger partial charge in [-0.25, -0.2) is 0 Å². The Labute approximate surface area is 92.1 Å². The second kappa shape index (κ2) is 4.55. The van der Waals surface area contributed by atoms with Gasteiger partial charge in [-0.2, -0.15) is 8.78 Å². The summed E-state index contributed by atoms with van der Waals surface area (Å²) in [6.45, 7) is 0.405. The highest BCUT2D eigenvalue weighted by Crippen LogP contribution is 2.32. The molecule has 5 heteroatoms. The van der Waals surface area contributed by atoms with E-state index in [2.05, 4.69) is 4.98 Å². The molecule has 1 atom stereocenters. The number of rotatable bonds is 2. The highest BCUT2D eigenvalue weighted by molar-refractivity contribution is 5.80. The third kappa shape index (κ3) is 2.03. The number of carbonyl (C=O) groups is 1. The van der Waals surface area contributed by atoms with Crippen LogP contribution in [0.5, 0.6) is 0 Å². The van der Waals surface area contributed by atoms with Crippen molar-refractivity contribution in [3.63, 3.8) is 0 Å². The molecule has 0 aliphatic carbocycles. The molecular formula is C11H12F2N2O. The fourth-order valence-corrected chi connectivity index (χ4v) is 2.08. The van der Waals surface area contributed by atoms with Crippen molar-refractivity contribution < 1.29 is 13.6 Å². The second-order valence-electron chi connectivity index (χ2n) is 3.78. The lowest BCUT2D eigenvalue weighted by molar-refractivity contribution is -0.143. The van der Waals surface area contributed by atoms with Crippen LogP contribution in [0.3, 0.4) is 0 Å². The number of hydrogen-bond donors (Lipinski definition) is 0. The summed E-state index contributed by atoms with van der Waals surface area (Å²) in [6, 6.07) is 3.32. The van der Waals surface area contributed by atoms with Crippen molar-refractivity contribution in [3.8, 4) is 0 Å². The summed E-state index contributed by atoms with van der Waals surface area (Å²) in [7, 11) is 0. The van der Waals surface area contributed by atoms with E-state index in [4.69, 9.17) is 0 Å². The molecule has 1 aromatic heterocycles. The van der Waals surface area contributed by atoms with Gasteiger partial charge in [-0.15, -0.1) is 0 Å². The summed E-state index contributed by atoms with van der Waals surface area (Å²) in [5.74, 6) is -1.08. The lowest BCUT2D eigenvalue weighted by Gasteiger charge is -2.24. The van der Waals surface area contributed by atoms with Gasteiger partial charge in [0, 0.05) is 18.9 Å². The van der Waals surface area contributed by atoms with E-state index in [1.807, 2.05) is 6.07 Å². The van der Waals surface area contributed by atoms with E-state index < -0.39 is 12.3 Å². The van der Waals surface area contributed by atoms with Gasteiger partial charge < -0.3 is 4.90 Å². The number of amides is 1. The van der Waals surface area contributed by atoms with Gasteiger partial charge in [0.15, 0.2) is 0 Å². The Morgan fingerprint density at radius 2 is 2.38 bits per heavy atom. The number of halogens is 2.